The van der Waals surface area contributed by atoms with Crippen LogP contribution in [0.3, 0.4) is 0 Å². The summed E-state index contributed by atoms with van der Waals surface area (Å²) >= 11 is 0. The van der Waals surface area contributed by atoms with Crippen LogP contribution < -0.4 is 11.3 Å². The Morgan fingerprint density at radius 3 is 3.00 bits per heavy atom. The summed E-state index contributed by atoms with van der Waals surface area (Å²) in [5, 5.41) is 10.8. The molecule has 22 heavy (non-hydrogen) atoms. The molecule has 1 heterocycles. The summed E-state index contributed by atoms with van der Waals surface area (Å²) in [6, 6.07) is 8.27. The summed E-state index contributed by atoms with van der Waals surface area (Å²) in [5.74, 6) is 0.636. The van der Waals surface area contributed by atoms with Gasteiger partial charge in [-0.2, -0.15) is 0 Å². The molecule has 1 aliphatic carbocycles. The van der Waals surface area contributed by atoms with Crippen molar-refractivity contribution in [3.05, 3.63) is 35.5 Å². The van der Waals surface area contributed by atoms with Crippen LogP contribution in [-0.4, -0.2) is 29.6 Å². The van der Waals surface area contributed by atoms with Crippen molar-refractivity contribution >= 4 is 10.9 Å². The van der Waals surface area contributed by atoms with Crippen LogP contribution in [0.5, 0.6) is 0 Å². The van der Waals surface area contributed by atoms with Gasteiger partial charge in [-0.1, -0.05) is 18.2 Å². The molecule has 120 valence electrons. The van der Waals surface area contributed by atoms with Crippen LogP contribution in [0, 0.1) is 5.92 Å². The van der Waals surface area contributed by atoms with E-state index in [1.165, 1.54) is 23.1 Å². The molecule has 0 spiro atoms. The van der Waals surface area contributed by atoms with E-state index in [-0.39, 0.29) is 0 Å². The second-order valence-electron chi connectivity index (χ2n) is 6.03. The van der Waals surface area contributed by atoms with E-state index < -0.39 is 0 Å². The van der Waals surface area contributed by atoms with Crippen molar-refractivity contribution in [2.45, 2.75) is 32.1 Å². The number of aromatic nitrogens is 1. The van der Waals surface area contributed by atoms with Gasteiger partial charge in [0, 0.05) is 24.2 Å². The van der Waals surface area contributed by atoms with E-state index in [9.17, 15) is 5.21 Å². The number of fused-ring (bicyclic) bond motifs is 3. The third kappa shape index (κ3) is 2.97. The fourth-order valence-corrected chi connectivity index (χ4v) is 3.60. The van der Waals surface area contributed by atoms with Gasteiger partial charge >= 0.3 is 0 Å². The topological polar surface area (TPSA) is 72.4 Å². The molecule has 1 aromatic carbocycles. The van der Waals surface area contributed by atoms with Gasteiger partial charge in [-0.15, -0.1) is 0 Å². The molecule has 5 nitrogen and oxygen atoms in total. The van der Waals surface area contributed by atoms with Crippen LogP contribution in [0.15, 0.2) is 24.3 Å². The normalized spacial score (nSPS) is 18.2. The van der Waals surface area contributed by atoms with Gasteiger partial charge in [0.05, 0.1) is 12.1 Å². The molecule has 0 bridgehead atoms. The first-order chi connectivity index (χ1) is 10.8. The van der Waals surface area contributed by atoms with Gasteiger partial charge in [-0.05, 0) is 49.7 Å². The highest BCUT2D eigenvalue weighted by Crippen LogP contribution is 2.33. The summed E-state index contributed by atoms with van der Waals surface area (Å²) in [5.41, 5.74) is 11.5. The van der Waals surface area contributed by atoms with E-state index in [1.54, 1.807) is 0 Å². The number of hydrogen-bond acceptors (Lipinski definition) is 4. The summed E-state index contributed by atoms with van der Waals surface area (Å²) in [4.78, 5) is 0. The highest BCUT2D eigenvalue weighted by molar-refractivity contribution is 5.86. The van der Waals surface area contributed by atoms with E-state index >= 15 is 0 Å². The number of nitrogens with one attached hydrogen (secondary N) is 1. The van der Waals surface area contributed by atoms with Crippen molar-refractivity contribution < 1.29 is 9.94 Å². The number of benzene rings is 1. The molecule has 5 heteroatoms. The van der Waals surface area contributed by atoms with Crippen LogP contribution in [0.4, 0.5) is 0 Å². The van der Waals surface area contributed by atoms with Gasteiger partial charge in [0.15, 0.2) is 0 Å². The summed E-state index contributed by atoms with van der Waals surface area (Å²) < 4.78 is 7.38. The maximum Gasteiger partial charge on any atom is 0.0722 e. The number of hydrogen-bond donors (Lipinski definition) is 3. The Morgan fingerprint density at radius 1 is 1.32 bits per heavy atom. The lowest BCUT2D eigenvalue weighted by atomic mass is 9.94. The molecule has 0 fully saturated rings. The predicted molar refractivity (Wildman–Crippen MR) is 87.7 cm³/mol. The van der Waals surface area contributed by atoms with Crippen molar-refractivity contribution in [1.82, 2.24) is 4.68 Å². The molecule has 0 amide bonds. The molecule has 1 aromatic heterocycles. The Balaban J connectivity index is 1.83. The molecule has 1 unspecified atom stereocenters. The van der Waals surface area contributed by atoms with E-state index in [1.807, 2.05) is 16.8 Å². The highest BCUT2D eigenvalue weighted by Gasteiger charge is 2.23. The number of para-hydroxylation sites is 1. The second-order valence-corrected chi connectivity index (χ2v) is 6.03. The van der Waals surface area contributed by atoms with Crippen molar-refractivity contribution in [2.75, 3.05) is 25.3 Å². The van der Waals surface area contributed by atoms with Crippen LogP contribution in [0.25, 0.3) is 10.9 Å². The van der Waals surface area contributed by atoms with E-state index in [4.69, 9.17) is 10.5 Å². The zero-order valence-corrected chi connectivity index (χ0v) is 12.9. The molecule has 1 aliphatic rings. The minimum Gasteiger partial charge on any atom is -0.380 e. The van der Waals surface area contributed by atoms with Gasteiger partial charge < -0.3 is 10.5 Å². The van der Waals surface area contributed by atoms with E-state index in [0.29, 0.717) is 19.1 Å². The molecule has 4 N–H and O–H groups in total. The van der Waals surface area contributed by atoms with Crippen LogP contribution in [0.1, 0.15) is 30.5 Å². The lowest BCUT2D eigenvalue weighted by Crippen LogP contribution is -2.13. The van der Waals surface area contributed by atoms with E-state index in [0.717, 1.165) is 37.8 Å². The monoisotopic (exact) mass is 303 g/mol. The maximum absolute atomic E-state index is 9.52. The predicted octanol–water partition coefficient (Wildman–Crippen LogP) is 2.43. The van der Waals surface area contributed by atoms with Gasteiger partial charge in [-0.3, -0.25) is 5.21 Å². The van der Waals surface area contributed by atoms with Gasteiger partial charge in [0.25, 0.3) is 0 Å². The molecule has 0 saturated carbocycles. The number of ether oxygens (including phenoxy) is 1. The molecule has 1 atom stereocenters. The van der Waals surface area contributed by atoms with Gasteiger partial charge in [0.1, 0.15) is 0 Å². The van der Waals surface area contributed by atoms with Crippen molar-refractivity contribution in [1.29, 1.82) is 0 Å². The second kappa shape index (κ2) is 7.13. The lowest BCUT2D eigenvalue weighted by molar-refractivity contribution is 0.125. The highest BCUT2D eigenvalue weighted by atomic mass is 16.5. The number of rotatable bonds is 6. The van der Waals surface area contributed by atoms with Crippen molar-refractivity contribution in [3.8, 4) is 0 Å². The summed E-state index contributed by atoms with van der Waals surface area (Å²) in [6.45, 7) is 2.02. The minimum atomic E-state index is 0.588. The van der Waals surface area contributed by atoms with Crippen LogP contribution >= 0.6 is 0 Å². The minimum absolute atomic E-state index is 0.588. The summed E-state index contributed by atoms with van der Waals surface area (Å²) in [6.07, 6.45) is 5.48. The standard InChI is InChI=1S/C17H25N3O2/c18-9-11-22-10-8-13-4-3-7-17-15(12-13)14-5-1-2-6-16(14)20(17)19-21/h1-2,5-6,13,19,21H,3-4,7-12,18H2. The average molecular weight is 303 g/mol. The number of nitrogens with zero attached hydrogens (tertiary/aromatic N) is 1. The molecular weight excluding hydrogens is 278 g/mol. The first-order valence-electron chi connectivity index (χ1n) is 8.14. The first kappa shape index (κ1) is 15.3. The van der Waals surface area contributed by atoms with Crippen molar-refractivity contribution in [2.24, 2.45) is 11.7 Å². The Labute approximate surface area is 131 Å². The fraction of sp³-hybridized carbons (Fsp3) is 0.529. The number of nitrogens with two attached hydrogens (primary N) is 1. The molecule has 0 saturated heterocycles. The molecule has 0 radical (unpaired) electrons. The maximum atomic E-state index is 9.52. The first-order valence-corrected chi connectivity index (χ1v) is 8.14. The molecule has 2 aromatic rings. The smallest absolute Gasteiger partial charge is 0.0722 e. The SMILES string of the molecule is NCCOCCC1CCCc2c(c3ccccc3n2NO)C1. The third-order valence-electron chi connectivity index (χ3n) is 4.64. The zero-order chi connectivity index (χ0) is 15.4. The van der Waals surface area contributed by atoms with Gasteiger partial charge in [0.2, 0.25) is 0 Å². The van der Waals surface area contributed by atoms with E-state index in [2.05, 4.69) is 17.7 Å². The van der Waals surface area contributed by atoms with Crippen molar-refractivity contribution in [3.63, 3.8) is 0 Å². The molecule has 0 aliphatic heterocycles. The zero-order valence-electron chi connectivity index (χ0n) is 12.9. The molecule has 3 rings (SSSR count). The van der Waals surface area contributed by atoms with Crippen LogP contribution in [-0.2, 0) is 17.6 Å². The fourth-order valence-electron chi connectivity index (χ4n) is 3.60. The third-order valence-corrected chi connectivity index (χ3v) is 4.64. The quantitative estimate of drug-likeness (QED) is 0.435. The Morgan fingerprint density at radius 2 is 2.18 bits per heavy atom. The molecular formula is C17H25N3O2. The Hall–Kier alpha value is -1.56. The van der Waals surface area contributed by atoms with Crippen LogP contribution in [0.2, 0.25) is 0 Å². The largest absolute Gasteiger partial charge is 0.380 e. The average Bonchev–Trinajstić information content (AvgIpc) is 2.69. The summed E-state index contributed by atoms with van der Waals surface area (Å²) in [7, 11) is 0. The van der Waals surface area contributed by atoms with Gasteiger partial charge in [-0.25, -0.2) is 10.3 Å². The lowest BCUT2D eigenvalue weighted by Gasteiger charge is -2.14. The Kier molecular flexibility index (Phi) is 4.97. The Bertz CT molecular complexity index is 624.